The summed E-state index contributed by atoms with van der Waals surface area (Å²) < 4.78 is 7.36. The highest BCUT2D eigenvalue weighted by Gasteiger charge is 2.22. The molecule has 1 saturated heterocycles. The normalized spacial score (nSPS) is 13.7. The Labute approximate surface area is 169 Å². The van der Waals surface area contributed by atoms with E-state index in [0.29, 0.717) is 12.2 Å². The van der Waals surface area contributed by atoms with Crippen LogP contribution in [-0.4, -0.2) is 28.2 Å². The molecule has 148 valence electrons. The second-order valence-electron chi connectivity index (χ2n) is 7.19. The summed E-state index contributed by atoms with van der Waals surface area (Å²) in [7, 11) is 0. The van der Waals surface area contributed by atoms with E-state index in [4.69, 9.17) is 4.74 Å². The molecule has 0 aliphatic carbocycles. The Morgan fingerprint density at radius 1 is 1.03 bits per heavy atom. The van der Waals surface area contributed by atoms with E-state index in [1.54, 1.807) is 17.0 Å². The standard InChI is InChI=1S/C23H23N3O3/c1-16-21(17(2)26(24-16)19-7-4-3-5-8-19)15-23(28)29-20-12-10-18(11-13-20)25-14-6-9-22(25)27/h3-5,7-8,10-13H,6,9,14-15H2,1-2H3. The minimum atomic E-state index is -0.339. The average Bonchev–Trinajstić information content (AvgIpc) is 3.27. The summed E-state index contributed by atoms with van der Waals surface area (Å²) in [6.07, 6.45) is 1.62. The third kappa shape index (κ3) is 3.92. The van der Waals surface area contributed by atoms with Crippen LogP contribution >= 0.6 is 0 Å². The molecule has 6 nitrogen and oxygen atoms in total. The van der Waals surface area contributed by atoms with Crippen molar-refractivity contribution >= 4 is 17.6 Å². The molecule has 0 bridgehead atoms. The number of para-hydroxylation sites is 1. The number of carbonyl (C=O) groups is 2. The fourth-order valence-electron chi connectivity index (χ4n) is 3.68. The first-order valence-electron chi connectivity index (χ1n) is 9.74. The summed E-state index contributed by atoms with van der Waals surface area (Å²) in [6, 6.07) is 16.9. The number of ether oxygens (including phenoxy) is 1. The quantitative estimate of drug-likeness (QED) is 0.492. The van der Waals surface area contributed by atoms with Crippen molar-refractivity contribution in [2.75, 3.05) is 11.4 Å². The lowest BCUT2D eigenvalue weighted by molar-refractivity contribution is -0.133. The van der Waals surface area contributed by atoms with E-state index in [9.17, 15) is 9.59 Å². The zero-order valence-corrected chi connectivity index (χ0v) is 16.6. The molecule has 1 aliphatic heterocycles. The molecule has 3 aromatic rings. The lowest BCUT2D eigenvalue weighted by atomic mass is 10.1. The molecule has 1 fully saturated rings. The molecular formula is C23H23N3O3. The second kappa shape index (κ2) is 7.91. The van der Waals surface area contributed by atoms with Gasteiger partial charge in [0.25, 0.3) is 0 Å². The van der Waals surface area contributed by atoms with Gasteiger partial charge in [-0.15, -0.1) is 0 Å². The Kier molecular flexibility index (Phi) is 5.16. The molecule has 2 heterocycles. The first-order valence-corrected chi connectivity index (χ1v) is 9.74. The summed E-state index contributed by atoms with van der Waals surface area (Å²) in [4.78, 5) is 26.1. The van der Waals surface area contributed by atoms with Crippen molar-refractivity contribution in [3.63, 3.8) is 0 Å². The third-order valence-electron chi connectivity index (χ3n) is 5.22. The maximum absolute atomic E-state index is 12.5. The Bertz CT molecular complexity index is 1040. The van der Waals surface area contributed by atoms with Gasteiger partial charge in [-0.2, -0.15) is 5.10 Å². The van der Waals surface area contributed by atoms with E-state index in [1.807, 2.05) is 61.0 Å². The van der Waals surface area contributed by atoms with Gasteiger partial charge in [-0.1, -0.05) is 18.2 Å². The molecule has 2 aromatic carbocycles. The van der Waals surface area contributed by atoms with Crippen molar-refractivity contribution in [3.05, 3.63) is 71.5 Å². The Morgan fingerprint density at radius 2 is 1.76 bits per heavy atom. The van der Waals surface area contributed by atoms with Gasteiger partial charge < -0.3 is 9.64 Å². The van der Waals surface area contributed by atoms with Crippen LogP contribution < -0.4 is 9.64 Å². The molecule has 0 spiro atoms. The number of carbonyl (C=O) groups excluding carboxylic acids is 2. The molecule has 0 radical (unpaired) electrons. The predicted molar refractivity (Wildman–Crippen MR) is 110 cm³/mol. The lowest BCUT2D eigenvalue weighted by Gasteiger charge is -2.15. The summed E-state index contributed by atoms with van der Waals surface area (Å²) in [6.45, 7) is 4.59. The smallest absolute Gasteiger partial charge is 0.315 e. The summed E-state index contributed by atoms with van der Waals surface area (Å²) >= 11 is 0. The van der Waals surface area contributed by atoms with Crippen LogP contribution in [0.1, 0.15) is 29.8 Å². The van der Waals surface area contributed by atoms with Gasteiger partial charge in [-0.05, 0) is 56.7 Å². The van der Waals surface area contributed by atoms with Gasteiger partial charge in [0, 0.05) is 29.9 Å². The van der Waals surface area contributed by atoms with E-state index in [-0.39, 0.29) is 18.3 Å². The highest BCUT2D eigenvalue weighted by Crippen LogP contribution is 2.24. The van der Waals surface area contributed by atoms with E-state index < -0.39 is 0 Å². The van der Waals surface area contributed by atoms with Gasteiger partial charge in [0.1, 0.15) is 5.75 Å². The molecule has 1 amide bonds. The minimum Gasteiger partial charge on any atom is -0.426 e. The Balaban J connectivity index is 1.45. The molecule has 1 aliphatic rings. The number of aryl methyl sites for hydroxylation is 1. The van der Waals surface area contributed by atoms with Crippen molar-refractivity contribution in [2.24, 2.45) is 0 Å². The number of hydrogen-bond acceptors (Lipinski definition) is 4. The zero-order valence-electron chi connectivity index (χ0n) is 16.6. The maximum Gasteiger partial charge on any atom is 0.315 e. The van der Waals surface area contributed by atoms with Crippen LogP contribution in [0.2, 0.25) is 0 Å². The van der Waals surface area contributed by atoms with Gasteiger partial charge in [0.15, 0.2) is 0 Å². The van der Waals surface area contributed by atoms with Crippen molar-refractivity contribution in [1.29, 1.82) is 0 Å². The Hall–Kier alpha value is -3.41. The van der Waals surface area contributed by atoms with Crippen LogP contribution in [0.15, 0.2) is 54.6 Å². The van der Waals surface area contributed by atoms with Crippen molar-refractivity contribution in [2.45, 2.75) is 33.1 Å². The highest BCUT2D eigenvalue weighted by molar-refractivity contribution is 5.95. The van der Waals surface area contributed by atoms with Crippen LogP contribution in [0.5, 0.6) is 5.75 Å². The number of esters is 1. The van der Waals surface area contributed by atoms with Gasteiger partial charge in [-0.25, -0.2) is 4.68 Å². The molecule has 0 saturated carbocycles. The van der Waals surface area contributed by atoms with Crippen LogP contribution in [0.4, 0.5) is 5.69 Å². The molecule has 0 N–H and O–H groups in total. The molecule has 1 aromatic heterocycles. The molecule has 4 rings (SSSR count). The van der Waals surface area contributed by atoms with Crippen molar-refractivity contribution in [3.8, 4) is 11.4 Å². The molecule has 6 heteroatoms. The monoisotopic (exact) mass is 389 g/mol. The largest absolute Gasteiger partial charge is 0.426 e. The first kappa shape index (κ1) is 18.9. The van der Waals surface area contributed by atoms with Gasteiger partial charge in [0.05, 0.1) is 17.8 Å². The van der Waals surface area contributed by atoms with Crippen LogP contribution in [0, 0.1) is 13.8 Å². The fourth-order valence-corrected chi connectivity index (χ4v) is 3.68. The average molecular weight is 389 g/mol. The molecule has 0 unspecified atom stereocenters. The predicted octanol–water partition coefficient (Wildman–Crippen LogP) is 3.76. The minimum absolute atomic E-state index is 0.135. The number of aromatic nitrogens is 2. The number of nitrogens with zero attached hydrogens (tertiary/aromatic N) is 3. The van der Waals surface area contributed by atoms with Crippen LogP contribution in [0.3, 0.4) is 0 Å². The SMILES string of the molecule is Cc1nn(-c2ccccc2)c(C)c1CC(=O)Oc1ccc(N2CCCC2=O)cc1. The number of rotatable bonds is 5. The fraction of sp³-hybridized carbons (Fsp3) is 0.261. The number of benzene rings is 2. The van der Waals surface area contributed by atoms with E-state index >= 15 is 0 Å². The molecule has 0 atom stereocenters. The van der Waals surface area contributed by atoms with Crippen molar-refractivity contribution < 1.29 is 14.3 Å². The Morgan fingerprint density at radius 3 is 2.41 bits per heavy atom. The number of hydrogen-bond donors (Lipinski definition) is 0. The first-order chi connectivity index (χ1) is 14.0. The molecular weight excluding hydrogens is 366 g/mol. The van der Waals surface area contributed by atoms with Crippen LogP contribution in [0.25, 0.3) is 5.69 Å². The summed E-state index contributed by atoms with van der Waals surface area (Å²) in [5.41, 5.74) is 4.40. The zero-order chi connectivity index (χ0) is 20.4. The summed E-state index contributed by atoms with van der Waals surface area (Å²) in [5.74, 6) is 0.265. The lowest BCUT2D eigenvalue weighted by Crippen LogP contribution is -2.23. The summed E-state index contributed by atoms with van der Waals surface area (Å²) in [5, 5.41) is 4.57. The molecule has 29 heavy (non-hydrogen) atoms. The van der Waals surface area contributed by atoms with E-state index in [0.717, 1.165) is 41.3 Å². The van der Waals surface area contributed by atoms with Crippen molar-refractivity contribution in [1.82, 2.24) is 9.78 Å². The number of amides is 1. The van der Waals surface area contributed by atoms with Gasteiger partial charge in [-0.3, -0.25) is 9.59 Å². The number of anilines is 1. The van der Waals surface area contributed by atoms with Gasteiger partial charge in [0.2, 0.25) is 5.91 Å². The topological polar surface area (TPSA) is 64.4 Å². The second-order valence-corrected chi connectivity index (χ2v) is 7.19. The van der Waals surface area contributed by atoms with E-state index in [1.165, 1.54) is 0 Å². The van der Waals surface area contributed by atoms with E-state index in [2.05, 4.69) is 5.10 Å². The van der Waals surface area contributed by atoms with Gasteiger partial charge >= 0.3 is 5.97 Å². The maximum atomic E-state index is 12.5. The third-order valence-corrected chi connectivity index (χ3v) is 5.22. The highest BCUT2D eigenvalue weighted by atomic mass is 16.5. The van der Waals surface area contributed by atoms with Crippen LogP contribution in [-0.2, 0) is 16.0 Å².